The molecule has 25 heavy (non-hydrogen) atoms. The van der Waals surface area contributed by atoms with Gasteiger partial charge in [0.1, 0.15) is 11.8 Å². The van der Waals surface area contributed by atoms with E-state index in [0.29, 0.717) is 31.5 Å². The average Bonchev–Trinajstić information content (AvgIpc) is 3.21. The smallest absolute Gasteiger partial charge is 0.255 e. The molecule has 1 fully saturated rings. The van der Waals surface area contributed by atoms with Gasteiger partial charge in [-0.2, -0.15) is 0 Å². The van der Waals surface area contributed by atoms with E-state index in [0.717, 1.165) is 22.7 Å². The Morgan fingerprint density at radius 1 is 1.32 bits per heavy atom. The van der Waals surface area contributed by atoms with Crippen LogP contribution in [0.15, 0.2) is 53.3 Å². The van der Waals surface area contributed by atoms with Gasteiger partial charge in [0.15, 0.2) is 0 Å². The first-order chi connectivity index (χ1) is 12.1. The van der Waals surface area contributed by atoms with Crippen molar-refractivity contribution in [2.24, 2.45) is 0 Å². The van der Waals surface area contributed by atoms with Crippen LogP contribution in [0.25, 0.3) is 0 Å². The number of amides is 2. The van der Waals surface area contributed by atoms with Gasteiger partial charge in [0.25, 0.3) is 5.91 Å². The molecule has 1 atom stereocenters. The van der Waals surface area contributed by atoms with E-state index in [-0.39, 0.29) is 11.8 Å². The van der Waals surface area contributed by atoms with Crippen molar-refractivity contribution in [3.8, 4) is 0 Å². The molecule has 1 saturated heterocycles. The van der Waals surface area contributed by atoms with Crippen LogP contribution in [0, 0.1) is 0 Å². The molecule has 0 radical (unpaired) electrons. The SMILES string of the molecule is C=C1CCC(N2Cc3cc(NCc4ccco4)ccc3C2=O)C(=O)N1. The van der Waals surface area contributed by atoms with E-state index in [4.69, 9.17) is 4.42 Å². The molecule has 2 N–H and O–H groups in total. The number of fused-ring (bicyclic) bond motifs is 1. The van der Waals surface area contributed by atoms with Crippen molar-refractivity contribution in [2.45, 2.75) is 32.0 Å². The summed E-state index contributed by atoms with van der Waals surface area (Å²) in [6.07, 6.45) is 2.96. The van der Waals surface area contributed by atoms with Gasteiger partial charge in [0.05, 0.1) is 12.8 Å². The summed E-state index contributed by atoms with van der Waals surface area (Å²) in [6.45, 7) is 4.82. The fourth-order valence-corrected chi connectivity index (χ4v) is 3.37. The third kappa shape index (κ3) is 2.91. The lowest BCUT2D eigenvalue weighted by atomic mass is 10.0. The molecule has 6 nitrogen and oxygen atoms in total. The van der Waals surface area contributed by atoms with Crippen molar-refractivity contribution in [2.75, 3.05) is 5.32 Å². The summed E-state index contributed by atoms with van der Waals surface area (Å²) in [5.41, 5.74) is 3.24. The summed E-state index contributed by atoms with van der Waals surface area (Å²) in [7, 11) is 0. The molecule has 0 spiro atoms. The minimum Gasteiger partial charge on any atom is -0.467 e. The van der Waals surface area contributed by atoms with E-state index in [1.165, 1.54) is 0 Å². The van der Waals surface area contributed by atoms with Crippen molar-refractivity contribution in [3.05, 3.63) is 65.8 Å². The lowest BCUT2D eigenvalue weighted by molar-refractivity contribution is -0.126. The molecular formula is C19H19N3O3. The van der Waals surface area contributed by atoms with Gasteiger partial charge in [-0.25, -0.2) is 0 Å². The molecule has 128 valence electrons. The molecule has 1 aromatic carbocycles. The number of carbonyl (C=O) groups is 2. The number of anilines is 1. The fourth-order valence-electron chi connectivity index (χ4n) is 3.37. The van der Waals surface area contributed by atoms with Crippen LogP contribution in [-0.2, 0) is 17.9 Å². The predicted molar refractivity (Wildman–Crippen MR) is 92.7 cm³/mol. The van der Waals surface area contributed by atoms with Crippen molar-refractivity contribution in [3.63, 3.8) is 0 Å². The van der Waals surface area contributed by atoms with E-state index in [9.17, 15) is 9.59 Å². The Morgan fingerprint density at radius 2 is 2.20 bits per heavy atom. The molecule has 6 heteroatoms. The standard InChI is InChI=1S/C19H19N3O3/c1-12-4-7-17(18(23)21-12)22-11-13-9-14(5-6-16(13)19(22)24)20-10-15-3-2-8-25-15/h2-3,5-6,8-9,17,20H,1,4,7,10-11H2,(H,21,23). The maximum absolute atomic E-state index is 12.7. The van der Waals surface area contributed by atoms with E-state index < -0.39 is 6.04 Å². The summed E-state index contributed by atoms with van der Waals surface area (Å²) >= 11 is 0. The quantitative estimate of drug-likeness (QED) is 0.899. The normalized spacial score (nSPS) is 19.8. The highest BCUT2D eigenvalue weighted by atomic mass is 16.3. The van der Waals surface area contributed by atoms with Crippen LogP contribution in [-0.4, -0.2) is 22.8 Å². The van der Waals surface area contributed by atoms with Gasteiger partial charge in [-0.15, -0.1) is 0 Å². The number of nitrogens with one attached hydrogen (secondary N) is 2. The number of hydrogen-bond donors (Lipinski definition) is 2. The Morgan fingerprint density at radius 3 is 2.96 bits per heavy atom. The zero-order chi connectivity index (χ0) is 17.4. The Kier molecular flexibility index (Phi) is 3.80. The molecule has 4 rings (SSSR count). The number of carbonyl (C=O) groups excluding carboxylic acids is 2. The van der Waals surface area contributed by atoms with Crippen molar-refractivity contribution < 1.29 is 14.0 Å². The van der Waals surface area contributed by atoms with Gasteiger partial charge < -0.3 is 20.0 Å². The molecule has 2 aromatic rings. The Bertz CT molecular complexity index is 842. The van der Waals surface area contributed by atoms with E-state index >= 15 is 0 Å². The number of benzene rings is 1. The summed E-state index contributed by atoms with van der Waals surface area (Å²) in [5.74, 6) is 0.617. The van der Waals surface area contributed by atoms with Crippen molar-refractivity contribution in [1.29, 1.82) is 0 Å². The summed E-state index contributed by atoms with van der Waals surface area (Å²) in [6, 6.07) is 9.00. The number of allylic oxidation sites excluding steroid dienone is 1. The van der Waals surface area contributed by atoms with Crippen LogP contribution in [0.1, 0.15) is 34.5 Å². The summed E-state index contributed by atoms with van der Waals surface area (Å²) < 4.78 is 5.31. The molecule has 1 aromatic heterocycles. The highest BCUT2D eigenvalue weighted by Gasteiger charge is 2.38. The van der Waals surface area contributed by atoms with Gasteiger partial charge in [-0.05, 0) is 48.7 Å². The molecule has 1 unspecified atom stereocenters. The maximum Gasteiger partial charge on any atom is 0.255 e. The van der Waals surface area contributed by atoms with Gasteiger partial charge in [-0.1, -0.05) is 6.58 Å². The molecule has 0 bridgehead atoms. The maximum atomic E-state index is 12.7. The molecule has 0 aliphatic carbocycles. The van der Waals surface area contributed by atoms with Gasteiger partial charge in [0, 0.05) is 23.5 Å². The molecule has 2 amide bonds. The number of piperidine rings is 1. The van der Waals surface area contributed by atoms with E-state index in [2.05, 4.69) is 17.2 Å². The van der Waals surface area contributed by atoms with Gasteiger partial charge >= 0.3 is 0 Å². The number of nitrogens with zero attached hydrogens (tertiary/aromatic N) is 1. The first kappa shape index (κ1) is 15.5. The van der Waals surface area contributed by atoms with Crippen LogP contribution >= 0.6 is 0 Å². The minimum absolute atomic E-state index is 0.0831. The largest absolute Gasteiger partial charge is 0.467 e. The average molecular weight is 337 g/mol. The second-order valence-electron chi connectivity index (χ2n) is 6.39. The molecule has 3 heterocycles. The third-order valence-corrected chi connectivity index (χ3v) is 4.68. The topological polar surface area (TPSA) is 74.6 Å². The first-order valence-electron chi connectivity index (χ1n) is 8.30. The zero-order valence-corrected chi connectivity index (χ0v) is 13.7. The Hall–Kier alpha value is -3.02. The molecular weight excluding hydrogens is 318 g/mol. The fraction of sp³-hybridized carbons (Fsp3) is 0.263. The number of hydrogen-bond acceptors (Lipinski definition) is 4. The van der Waals surface area contributed by atoms with Gasteiger partial charge in [-0.3, -0.25) is 9.59 Å². The van der Waals surface area contributed by atoms with Gasteiger partial charge in [0.2, 0.25) is 5.91 Å². The van der Waals surface area contributed by atoms with Crippen LogP contribution in [0.3, 0.4) is 0 Å². The highest BCUT2D eigenvalue weighted by Crippen LogP contribution is 2.30. The number of rotatable bonds is 4. The Balaban J connectivity index is 1.49. The second kappa shape index (κ2) is 6.12. The first-order valence-corrected chi connectivity index (χ1v) is 8.30. The van der Waals surface area contributed by atoms with Crippen LogP contribution in [0.4, 0.5) is 5.69 Å². The van der Waals surface area contributed by atoms with Crippen LogP contribution in [0.5, 0.6) is 0 Å². The van der Waals surface area contributed by atoms with E-state index in [1.54, 1.807) is 11.2 Å². The molecule has 2 aliphatic rings. The molecule has 0 saturated carbocycles. The Labute approximate surface area is 145 Å². The summed E-state index contributed by atoms with van der Waals surface area (Å²) in [5, 5.41) is 6.04. The second-order valence-corrected chi connectivity index (χ2v) is 6.39. The monoisotopic (exact) mass is 337 g/mol. The van der Waals surface area contributed by atoms with Crippen LogP contribution in [0.2, 0.25) is 0 Å². The third-order valence-electron chi connectivity index (χ3n) is 4.68. The lowest BCUT2D eigenvalue weighted by Crippen LogP contribution is -2.49. The number of furan rings is 1. The molecule has 2 aliphatic heterocycles. The zero-order valence-electron chi connectivity index (χ0n) is 13.7. The van der Waals surface area contributed by atoms with Crippen molar-refractivity contribution in [1.82, 2.24) is 10.2 Å². The summed E-state index contributed by atoms with van der Waals surface area (Å²) in [4.78, 5) is 26.5. The minimum atomic E-state index is -0.426. The van der Waals surface area contributed by atoms with Crippen molar-refractivity contribution >= 4 is 17.5 Å². The lowest BCUT2D eigenvalue weighted by Gasteiger charge is -2.30. The van der Waals surface area contributed by atoms with E-state index in [1.807, 2.05) is 30.3 Å². The predicted octanol–water partition coefficient (Wildman–Crippen LogP) is 2.64. The van der Waals surface area contributed by atoms with Crippen LogP contribution < -0.4 is 10.6 Å². The highest BCUT2D eigenvalue weighted by molar-refractivity contribution is 6.01.